The zero-order valence-corrected chi connectivity index (χ0v) is 12.5. The molecule has 2 aromatic heterocycles. The Balaban J connectivity index is 2.11. The van der Waals surface area contributed by atoms with E-state index in [2.05, 4.69) is 9.97 Å². The lowest BCUT2D eigenvalue weighted by Gasteiger charge is -2.07. The van der Waals surface area contributed by atoms with E-state index in [4.69, 9.17) is 15.6 Å². The van der Waals surface area contributed by atoms with Gasteiger partial charge in [-0.25, -0.2) is 9.97 Å². The van der Waals surface area contributed by atoms with E-state index in [9.17, 15) is 0 Å². The number of nitrogens with one attached hydrogen (secondary N) is 1. The molecule has 0 aliphatic rings. The Morgan fingerprint density at radius 1 is 1.24 bits per heavy atom. The fourth-order valence-electron chi connectivity index (χ4n) is 1.94. The third-order valence-corrected chi connectivity index (χ3v) is 4.03. The third kappa shape index (κ3) is 2.62. The number of hydrogen-bond acceptors (Lipinski definition) is 5. The molecule has 0 unspecified atom stereocenters. The van der Waals surface area contributed by atoms with Crippen LogP contribution in [0.2, 0.25) is 0 Å². The number of hydrogen-bond donors (Lipinski definition) is 2. The van der Waals surface area contributed by atoms with Crippen LogP contribution < -0.4 is 5.73 Å². The Kier molecular flexibility index (Phi) is 3.39. The summed E-state index contributed by atoms with van der Waals surface area (Å²) in [6.45, 7) is 3.76. The molecular formula is C15H14N4OS. The predicted molar refractivity (Wildman–Crippen MR) is 82.9 cm³/mol. The first-order valence-corrected chi connectivity index (χ1v) is 7.22. The van der Waals surface area contributed by atoms with Crippen LogP contribution in [-0.4, -0.2) is 15.8 Å². The number of pyridine rings is 1. The molecule has 0 atom stereocenters. The Bertz CT molecular complexity index is 821. The molecule has 0 radical (unpaired) electrons. The number of benzene rings is 1. The minimum atomic E-state index is -0.0178. The van der Waals surface area contributed by atoms with Crippen LogP contribution in [0.15, 0.2) is 45.0 Å². The normalized spacial score (nSPS) is 11.0. The lowest BCUT2D eigenvalue weighted by Crippen LogP contribution is -2.13. The van der Waals surface area contributed by atoms with Gasteiger partial charge < -0.3 is 10.2 Å². The summed E-state index contributed by atoms with van der Waals surface area (Å²) in [4.78, 5) is 8.90. The molecule has 3 rings (SSSR count). The van der Waals surface area contributed by atoms with Gasteiger partial charge in [-0.05, 0) is 37.7 Å². The highest BCUT2D eigenvalue weighted by atomic mass is 32.2. The van der Waals surface area contributed by atoms with E-state index in [0.717, 1.165) is 22.4 Å². The largest absolute Gasteiger partial charge is 0.436 e. The van der Waals surface area contributed by atoms with Crippen LogP contribution in [0.25, 0.3) is 10.9 Å². The van der Waals surface area contributed by atoms with Crippen LogP contribution >= 0.6 is 11.8 Å². The Morgan fingerprint density at radius 2 is 2.00 bits per heavy atom. The van der Waals surface area contributed by atoms with E-state index < -0.39 is 0 Å². The molecule has 5 nitrogen and oxygen atoms in total. The second-order valence-corrected chi connectivity index (χ2v) is 5.61. The van der Waals surface area contributed by atoms with Crippen LogP contribution in [0.4, 0.5) is 0 Å². The van der Waals surface area contributed by atoms with Crippen molar-refractivity contribution in [2.45, 2.75) is 24.1 Å². The van der Waals surface area contributed by atoms with Gasteiger partial charge >= 0.3 is 0 Å². The van der Waals surface area contributed by atoms with Gasteiger partial charge in [-0.15, -0.1) is 0 Å². The molecule has 0 aliphatic heterocycles. The standard InChI is InChI=1S/C15H14N4OS/c1-8-9(2)20-15(18-8)21-14-11(13(16)17)7-10-5-3-4-6-12(10)19-14/h3-7H,1-2H3,(H3,16,17). The molecule has 106 valence electrons. The van der Waals surface area contributed by atoms with Crippen molar-refractivity contribution < 1.29 is 4.42 Å². The summed E-state index contributed by atoms with van der Waals surface area (Å²) >= 11 is 1.28. The summed E-state index contributed by atoms with van der Waals surface area (Å²) in [6, 6.07) is 9.60. The number of para-hydroxylation sites is 1. The molecule has 21 heavy (non-hydrogen) atoms. The van der Waals surface area contributed by atoms with Crippen LogP contribution in [-0.2, 0) is 0 Å². The number of nitrogens with zero attached hydrogens (tertiary/aromatic N) is 2. The van der Waals surface area contributed by atoms with Crippen LogP contribution in [0.3, 0.4) is 0 Å². The monoisotopic (exact) mass is 298 g/mol. The molecule has 0 bridgehead atoms. The van der Waals surface area contributed by atoms with Crippen molar-refractivity contribution in [1.29, 1.82) is 5.41 Å². The average Bonchev–Trinajstić information content (AvgIpc) is 2.76. The number of nitrogens with two attached hydrogens (primary N) is 1. The van der Waals surface area contributed by atoms with Crippen LogP contribution in [0.5, 0.6) is 0 Å². The quantitative estimate of drug-likeness (QED) is 0.572. The minimum absolute atomic E-state index is 0.0178. The van der Waals surface area contributed by atoms with Gasteiger partial charge in [-0.2, -0.15) is 0 Å². The third-order valence-electron chi connectivity index (χ3n) is 3.17. The first kappa shape index (κ1) is 13.6. The molecular weight excluding hydrogens is 284 g/mol. The van der Waals surface area contributed by atoms with Gasteiger partial charge in [0.25, 0.3) is 5.22 Å². The summed E-state index contributed by atoms with van der Waals surface area (Å²) in [5.74, 6) is 0.762. The van der Waals surface area contributed by atoms with Crippen molar-refractivity contribution in [3.05, 3.63) is 47.3 Å². The first-order chi connectivity index (χ1) is 10.0. The molecule has 0 saturated heterocycles. The molecule has 1 aromatic carbocycles. The van der Waals surface area contributed by atoms with Crippen molar-refractivity contribution >= 4 is 28.5 Å². The molecule has 0 amide bonds. The van der Waals surface area contributed by atoms with Gasteiger partial charge in [0.05, 0.1) is 11.2 Å². The highest BCUT2D eigenvalue weighted by molar-refractivity contribution is 7.99. The van der Waals surface area contributed by atoms with Crippen LogP contribution in [0, 0.1) is 19.3 Å². The Labute approximate surface area is 126 Å². The van der Waals surface area contributed by atoms with Gasteiger partial charge in [0, 0.05) is 10.9 Å². The summed E-state index contributed by atoms with van der Waals surface area (Å²) in [5, 5.41) is 9.83. The molecule has 2 heterocycles. The predicted octanol–water partition coefficient (Wildman–Crippen LogP) is 3.27. The topological polar surface area (TPSA) is 88.8 Å². The van der Waals surface area contributed by atoms with Crippen molar-refractivity contribution in [3.63, 3.8) is 0 Å². The van der Waals surface area contributed by atoms with Crippen LogP contribution in [0.1, 0.15) is 17.0 Å². The van der Waals surface area contributed by atoms with Crippen molar-refractivity contribution in [3.8, 4) is 0 Å². The number of rotatable bonds is 3. The maximum absolute atomic E-state index is 7.74. The zero-order valence-electron chi connectivity index (χ0n) is 11.7. The van der Waals surface area contributed by atoms with Crippen molar-refractivity contribution in [2.75, 3.05) is 0 Å². The second kappa shape index (κ2) is 5.21. The van der Waals surface area contributed by atoms with Crippen molar-refractivity contribution in [1.82, 2.24) is 9.97 Å². The van der Waals surface area contributed by atoms with Gasteiger partial charge in [0.1, 0.15) is 16.6 Å². The van der Waals surface area contributed by atoms with Gasteiger partial charge in [-0.1, -0.05) is 18.2 Å². The smallest absolute Gasteiger partial charge is 0.262 e. The number of nitrogen functional groups attached to an aromatic ring is 1. The maximum atomic E-state index is 7.74. The zero-order chi connectivity index (χ0) is 15.0. The second-order valence-electron chi connectivity index (χ2n) is 4.67. The van der Waals surface area contributed by atoms with E-state index in [1.54, 1.807) is 0 Å². The number of amidine groups is 1. The molecule has 0 aliphatic carbocycles. The van der Waals surface area contributed by atoms with E-state index in [1.165, 1.54) is 11.8 Å². The van der Waals surface area contributed by atoms with E-state index in [1.807, 2.05) is 44.2 Å². The lowest BCUT2D eigenvalue weighted by atomic mass is 10.1. The summed E-state index contributed by atoms with van der Waals surface area (Å²) < 4.78 is 5.57. The number of aryl methyl sites for hydroxylation is 2. The van der Waals surface area contributed by atoms with Crippen molar-refractivity contribution in [2.24, 2.45) is 5.73 Å². The summed E-state index contributed by atoms with van der Waals surface area (Å²) in [6.07, 6.45) is 0. The van der Waals surface area contributed by atoms with Gasteiger partial charge in [-0.3, -0.25) is 5.41 Å². The SMILES string of the molecule is Cc1nc(Sc2nc3ccccc3cc2C(=N)N)oc1C. The average molecular weight is 298 g/mol. The number of aromatic nitrogens is 2. The van der Waals surface area contributed by atoms with E-state index in [-0.39, 0.29) is 5.84 Å². The Hall–Kier alpha value is -2.34. The molecule has 3 N–H and O–H groups in total. The molecule has 0 spiro atoms. The molecule has 3 aromatic rings. The first-order valence-electron chi connectivity index (χ1n) is 6.40. The fraction of sp³-hybridized carbons (Fsp3) is 0.133. The number of fused-ring (bicyclic) bond motifs is 1. The highest BCUT2D eigenvalue weighted by Crippen LogP contribution is 2.31. The maximum Gasteiger partial charge on any atom is 0.262 e. The Morgan fingerprint density at radius 3 is 2.67 bits per heavy atom. The lowest BCUT2D eigenvalue weighted by molar-refractivity contribution is 0.431. The summed E-state index contributed by atoms with van der Waals surface area (Å²) in [7, 11) is 0. The van der Waals surface area contributed by atoms with Gasteiger partial charge in [0.2, 0.25) is 0 Å². The number of oxazole rings is 1. The molecule has 0 fully saturated rings. The fourth-order valence-corrected chi connectivity index (χ4v) is 2.88. The highest BCUT2D eigenvalue weighted by Gasteiger charge is 2.15. The minimum Gasteiger partial charge on any atom is -0.436 e. The molecule has 0 saturated carbocycles. The van der Waals surface area contributed by atoms with E-state index >= 15 is 0 Å². The summed E-state index contributed by atoms with van der Waals surface area (Å²) in [5.41, 5.74) is 7.96. The van der Waals surface area contributed by atoms with Gasteiger partial charge in [0.15, 0.2) is 0 Å². The van der Waals surface area contributed by atoms with E-state index in [0.29, 0.717) is 15.8 Å². The molecule has 6 heteroatoms.